The zero-order valence-corrected chi connectivity index (χ0v) is 12.4. The van der Waals surface area contributed by atoms with Crippen LogP contribution in [0.3, 0.4) is 0 Å². The van der Waals surface area contributed by atoms with Crippen molar-refractivity contribution in [2.45, 2.75) is 45.3 Å². The number of aliphatic hydroxyl groups is 1. The Morgan fingerprint density at radius 2 is 1.80 bits per heavy atom. The fourth-order valence-electron chi connectivity index (χ4n) is 4.21. The Hall–Kier alpha value is -0.835. The molecule has 1 aromatic rings. The standard InChI is InChI=1S/C16H23BO3/c1-15(2)11-9-13(15)16(3,14(18)10-11)20-17(19)12-7-5-4-6-8-12/h4-8,11,13-14,18-19H,9-10H2,1-3H3/t11-,13-,14+,16-/m0/s1. The highest BCUT2D eigenvalue weighted by molar-refractivity contribution is 6.60. The lowest BCUT2D eigenvalue weighted by Crippen LogP contribution is -2.69. The van der Waals surface area contributed by atoms with Gasteiger partial charge in [-0.05, 0) is 42.5 Å². The molecule has 0 aromatic heterocycles. The van der Waals surface area contributed by atoms with Crippen LogP contribution in [0.5, 0.6) is 0 Å². The van der Waals surface area contributed by atoms with Crippen molar-refractivity contribution in [3.8, 4) is 0 Å². The van der Waals surface area contributed by atoms with Crippen molar-refractivity contribution in [3.63, 3.8) is 0 Å². The topological polar surface area (TPSA) is 49.7 Å². The predicted molar refractivity (Wildman–Crippen MR) is 79.5 cm³/mol. The Morgan fingerprint density at radius 3 is 2.40 bits per heavy atom. The summed E-state index contributed by atoms with van der Waals surface area (Å²) in [5, 5.41) is 20.7. The summed E-state index contributed by atoms with van der Waals surface area (Å²) in [5.41, 5.74) is 0.248. The first-order valence-electron chi connectivity index (χ1n) is 7.44. The zero-order valence-electron chi connectivity index (χ0n) is 12.4. The largest absolute Gasteiger partial charge is 0.491 e. The molecule has 0 saturated heterocycles. The van der Waals surface area contributed by atoms with E-state index in [4.69, 9.17) is 4.65 Å². The second-order valence-corrected chi connectivity index (χ2v) is 7.12. The van der Waals surface area contributed by atoms with E-state index in [2.05, 4.69) is 13.8 Å². The van der Waals surface area contributed by atoms with Gasteiger partial charge in [-0.15, -0.1) is 0 Å². The number of hydrogen-bond donors (Lipinski definition) is 2. The minimum absolute atomic E-state index is 0.185. The Labute approximate surface area is 121 Å². The molecule has 0 heterocycles. The van der Waals surface area contributed by atoms with E-state index >= 15 is 0 Å². The third-order valence-corrected chi connectivity index (χ3v) is 5.78. The van der Waals surface area contributed by atoms with Crippen LogP contribution in [0.25, 0.3) is 0 Å². The molecule has 0 aliphatic heterocycles. The van der Waals surface area contributed by atoms with E-state index in [1.54, 1.807) is 0 Å². The van der Waals surface area contributed by atoms with Crippen LogP contribution < -0.4 is 5.46 Å². The second kappa shape index (κ2) is 4.59. The molecule has 0 unspecified atom stereocenters. The molecule has 3 aliphatic rings. The lowest BCUT2D eigenvalue weighted by Gasteiger charge is -2.65. The molecule has 0 amide bonds. The smallest absolute Gasteiger partial charge is 0.423 e. The first-order valence-corrected chi connectivity index (χ1v) is 7.44. The van der Waals surface area contributed by atoms with Crippen LogP contribution in [0.1, 0.15) is 33.6 Å². The van der Waals surface area contributed by atoms with Crippen LogP contribution in [0.15, 0.2) is 30.3 Å². The van der Waals surface area contributed by atoms with Gasteiger partial charge in [-0.2, -0.15) is 0 Å². The molecule has 0 spiro atoms. The predicted octanol–water partition coefficient (Wildman–Crippen LogP) is 1.58. The molecule has 3 fully saturated rings. The summed E-state index contributed by atoms with van der Waals surface area (Å²) in [7, 11) is -0.983. The monoisotopic (exact) mass is 274 g/mol. The van der Waals surface area contributed by atoms with Crippen molar-refractivity contribution in [1.82, 2.24) is 0 Å². The molecule has 108 valence electrons. The van der Waals surface area contributed by atoms with Gasteiger partial charge in [0.05, 0.1) is 11.7 Å². The van der Waals surface area contributed by atoms with Gasteiger partial charge < -0.3 is 14.8 Å². The average molecular weight is 274 g/mol. The molecule has 2 bridgehead atoms. The summed E-state index contributed by atoms with van der Waals surface area (Å²) < 4.78 is 5.97. The summed E-state index contributed by atoms with van der Waals surface area (Å²) in [5.74, 6) is 0.871. The number of aliphatic hydroxyl groups excluding tert-OH is 1. The number of rotatable bonds is 3. The van der Waals surface area contributed by atoms with Crippen LogP contribution in [0.4, 0.5) is 0 Å². The van der Waals surface area contributed by atoms with E-state index in [0.29, 0.717) is 11.8 Å². The average Bonchev–Trinajstić information content (AvgIpc) is 2.42. The molecular weight excluding hydrogens is 251 g/mol. The third kappa shape index (κ3) is 1.93. The fourth-order valence-corrected chi connectivity index (χ4v) is 4.21. The van der Waals surface area contributed by atoms with Crippen molar-refractivity contribution >= 4 is 12.6 Å². The number of benzene rings is 1. The van der Waals surface area contributed by atoms with E-state index in [0.717, 1.165) is 18.3 Å². The molecule has 4 heteroatoms. The van der Waals surface area contributed by atoms with Gasteiger partial charge in [0.25, 0.3) is 0 Å². The summed E-state index contributed by atoms with van der Waals surface area (Å²) in [6, 6.07) is 9.36. The minimum atomic E-state index is -0.983. The van der Waals surface area contributed by atoms with Gasteiger partial charge in [0.2, 0.25) is 0 Å². The van der Waals surface area contributed by atoms with Crippen molar-refractivity contribution in [3.05, 3.63) is 30.3 Å². The Bertz CT molecular complexity index is 490. The Morgan fingerprint density at radius 1 is 1.15 bits per heavy atom. The molecule has 3 saturated carbocycles. The van der Waals surface area contributed by atoms with Crippen LogP contribution in [0, 0.1) is 17.3 Å². The van der Waals surface area contributed by atoms with Gasteiger partial charge in [0.1, 0.15) is 0 Å². The molecule has 3 aliphatic carbocycles. The molecule has 0 radical (unpaired) electrons. The maximum absolute atomic E-state index is 10.4. The van der Waals surface area contributed by atoms with Gasteiger partial charge >= 0.3 is 7.12 Å². The fraction of sp³-hybridized carbons (Fsp3) is 0.625. The van der Waals surface area contributed by atoms with Gasteiger partial charge in [0, 0.05) is 0 Å². The van der Waals surface area contributed by atoms with Gasteiger partial charge in [-0.3, -0.25) is 0 Å². The van der Waals surface area contributed by atoms with E-state index in [1.165, 1.54) is 0 Å². The first kappa shape index (κ1) is 14.1. The molecule has 20 heavy (non-hydrogen) atoms. The molecular formula is C16H23BO3. The third-order valence-electron chi connectivity index (χ3n) is 5.78. The van der Waals surface area contributed by atoms with E-state index in [9.17, 15) is 10.1 Å². The van der Waals surface area contributed by atoms with E-state index < -0.39 is 18.8 Å². The number of hydrogen-bond acceptors (Lipinski definition) is 3. The van der Waals surface area contributed by atoms with E-state index in [-0.39, 0.29) is 5.41 Å². The van der Waals surface area contributed by atoms with E-state index in [1.807, 2.05) is 37.3 Å². The summed E-state index contributed by atoms with van der Waals surface area (Å²) in [6.07, 6.45) is 1.35. The van der Waals surface area contributed by atoms with Crippen LogP contribution in [0.2, 0.25) is 0 Å². The Kier molecular flexibility index (Phi) is 3.24. The zero-order chi connectivity index (χ0) is 14.5. The van der Waals surface area contributed by atoms with Crippen molar-refractivity contribution in [2.75, 3.05) is 0 Å². The lowest BCUT2D eigenvalue weighted by atomic mass is 9.43. The van der Waals surface area contributed by atoms with Crippen LogP contribution in [-0.4, -0.2) is 29.0 Å². The summed E-state index contributed by atoms with van der Waals surface area (Å²) >= 11 is 0. The van der Waals surface area contributed by atoms with Gasteiger partial charge in [0.15, 0.2) is 0 Å². The molecule has 4 atom stereocenters. The van der Waals surface area contributed by atoms with Crippen molar-refractivity contribution in [1.29, 1.82) is 0 Å². The molecule has 4 rings (SSSR count). The highest BCUT2D eigenvalue weighted by Gasteiger charge is 2.64. The number of fused-ring (bicyclic) bond motifs is 2. The van der Waals surface area contributed by atoms with Crippen molar-refractivity contribution in [2.24, 2.45) is 17.3 Å². The second-order valence-electron chi connectivity index (χ2n) is 7.12. The summed E-state index contributed by atoms with van der Waals surface area (Å²) in [4.78, 5) is 0. The lowest BCUT2D eigenvalue weighted by molar-refractivity contribution is -0.237. The quantitative estimate of drug-likeness (QED) is 0.823. The van der Waals surface area contributed by atoms with Gasteiger partial charge in [-0.25, -0.2) is 0 Å². The summed E-state index contributed by atoms with van der Waals surface area (Å²) in [6.45, 7) is 6.44. The Balaban J connectivity index is 1.81. The molecule has 2 N–H and O–H groups in total. The van der Waals surface area contributed by atoms with Crippen LogP contribution in [-0.2, 0) is 4.65 Å². The molecule has 1 aromatic carbocycles. The van der Waals surface area contributed by atoms with Crippen molar-refractivity contribution < 1.29 is 14.8 Å². The highest BCUT2D eigenvalue weighted by atomic mass is 16.5. The SMILES string of the molecule is CC1(C)[C@@H]2C[C@@H](O)[C@@](C)(OB(O)c3ccccc3)[C@H]1C2. The van der Waals surface area contributed by atoms with Gasteiger partial charge in [-0.1, -0.05) is 44.2 Å². The molecule has 3 nitrogen and oxygen atoms in total. The highest BCUT2D eigenvalue weighted by Crippen LogP contribution is 2.63. The first-order chi connectivity index (χ1) is 9.35. The maximum atomic E-state index is 10.4. The normalized spacial score (nSPS) is 38.1. The maximum Gasteiger partial charge on any atom is 0.491 e. The van der Waals surface area contributed by atoms with Crippen LogP contribution >= 0.6 is 0 Å². The minimum Gasteiger partial charge on any atom is -0.423 e.